The summed E-state index contributed by atoms with van der Waals surface area (Å²) >= 11 is 0. The van der Waals surface area contributed by atoms with Gasteiger partial charge in [0.15, 0.2) is 5.96 Å². The van der Waals surface area contributed by atoms with E-state index >= 15 is 0 Å². The van der Waals surface area contributed by atoms with Crippen molar-refractivity contribution in [1.29, 1.82) is 0 Å². The average Bonchev–Trinajstić information content (AvgIpc) is 3.97. The molecule has 460 valence electrons. The molecule has 0 saturated carbocycles. The van der Waals surface area contributed by atoms with E-state index < -0.39 is 108 Å². The number of amides is 8. The van der Waals surface area contributed by atoms with E-state index in [9.17, 15) is 48.3 Å². The number of rotatable bonds is 46. The Morgan fingerprint density at radius 1 is 0.438 bits per heavy atom. The van der Waals surface area contributed by atoms with E-state index in [0.717, 1.165) is 6.42 Å². The van der Waals surface area contributed by atoms with Crippen molar-refractivity contribution >= 4 is 59.2 Å². The molecular formula is C52H102N18O10. The largest absolute Gasteiger partial charge is 0.480 e. The van der Waals surface area contributed by atoms with Crippen molar-refractivity contribution < 1.29 is 48.3 Å². The highest BCUT2D eigenvalue weighted by Gasteiger charge is 2.35. The highest BCUT2D eigenvalue weighted by molar-refractivity contribution is 5.98. The monoisotopic (exact) mass is 1140 g/mol. The smallest absolute Gasteiger partial charge is 0.326 e. The molecule has 1 heterocycles. The summed E-state index contributed by atoms with van der Waals surface area (Å²) in [6.07, 6.45) is 7.94. The number of carbonyl (C=O) groups excluding carboxylic acids is 8. The molecule has 0 aromatic carbocycles. The number of unbranched alkanes of at least 4 members (excludes halogenated alkanes) is 6. The molecule has 0 aromatic heterocycles. The van der Waals surface area contributed by atoms with E-state index in [4.69, 9.17) is 45.9 Å². The van der Waals surface area contributed by atoms with Crippen LogP contribution in [0.4, 0.5) is 0 Å². The molecule has 0 aliphatic carbocycles. The zero-order valence-electron chi connectivity index (χ0n) is 47.7. The van der Waals surface area contributed by atoms with Gasteiger partial charge in [-0.3, -0.25) is 43.3 Å². The van der Waals surface area contributed by atoms with Gasteiger partial charge in [-0.15, -0.1) is 0 Å². The molecule has 26 N–H and O–H groups in total. The van der Waals surface area contributed by atoms with Crippen LogP contribution >= 0.6 is 0 Å². The second-order valence-electron chi connectivity index (χ2n) is 20.8. The van der Waals surface area contributed by atoms with Gasteiger partial charge in [0.25, 0.3) is 0 Å². The molecule has 28 heteroatoms. The summed E-state index contributed by atoms with van der Waals surface area (Å²) in [6, 6.07) is -10.1. The van der Waals surface area contributed by atoms with Crippen LogP contribution in [0.5, 0.6) is 0 Å². The first kappa shape index (κ1) is 72.2. The van der Waals surface area contributed by atoms with Crippen molar-refractivity contribution in [2.75, 3.05) is 52.4 Å². The Kier molecular flexibility index (Phi) is 38.8. The Morgan fingerprint density at radius 3 is 0.950 bits per heavy atom. The lowest BCUT2D eigenvalue weighted by Gasteiger charge is -2.28. The lowest BCUT2D eigenvalue weighted by Crippen LogP contribution is -2.60. The predicted molar refractivity (Wildman–Crippen MR) is 306 cm³/mol. The first-order valence-corrected chi connectivity index (χ1v) is 28.9. The highest BCUT2D eigenvalue weighted by atomic mass is 16.4. The molecule has 1 aliphatic heterocycles. The molecule has 0 aromatic rings. The molecule has 1 saturated heterocycles. The van der Waals surface area contributed by atoms with Crippen LogP contribution in [0.2, 0.25) is 0 Å². The zero-order chi connectivity index (χ0) is 59.8. The van der Waals surface area contributed by atoms with Crippen LogP contribution in [0.25, 0.3) is 0 Å². The fourth-order valence-electron chi connectivity index (χ4n) is 8.92. The maximum atomic E-state index is 14.5. The predicted octanol–water partition coefficient (Wildman–Crippen LogP) is -3.81. The minimum Gasteiger partial charge on any atom is -0.480 e. The minimum atomic E-state index is -1.31. The molecule has 0 spiro atoms. The zero-order valence-corrected chi connectivity index (χ0v) is 47.7. The first-order valence-electron chi connectivity index (χ1n) is 28.9. The SMILES string of the molecule is CC(C)[C@H](NC(=O)[C@H](CCCCN)NC(=O)[C@H](CCCN=C(N)N)NC(=O)[C@H](CCCCN)NC(=O)[C@H](CCCCN)NC(=O)[C@H](CCCCN)NC(=O)[C@H](CCCCN)NC(=O)[C@H](CCCCN)NC(=O)[C@@H]1CCCN1)C(=O)O. The molecule has 1 rings (SSSR count). The minimum absolute atomic E-state index is 0.0324. The van der Waals surface area contributed by atoms with Gasteiger partial charge in [-0.2, -0.15) is 0 Å². The maximum Gasteiger partial charge on any atom is 0.326 e. The second kappa shape index (κ2) is 43.0. The standard InChI is InChI=1S/C52H102N18O10/c1-33(2)42(51(79)80)70-50(78)40(22-8-14-30-58)68-49(77)41(24-16-32-62-52(59)60)69-48(76)39(21-7-13-29-57)67-47(75)38(20-6-12-28-56)66-46(74)37(19-5-11-27-55)65-45(73)36(18-4-10-26-54)64-44(72)35(17-3-9-25-53)63-43(71)34-23-15-31-61-34/h33-42,61H,3-32,53-58H2,1-2H3,(H,63,71)(H,64,72)(H,65,73)(H,66,74)(H,67,75)(H,68,77)(H,69,76)(H,70,78)(H,79,80)(H4,59,60,62)/t34-,35-,36-,37-,38-,39-,40-,41-,42-/m0/s1. The fraction of sp³-hybridized carbons (Fsp3) is 0.808. The van der Waals surface area contributed by atoms with Gasteiger partial charge >= 0.3 is 5.97 Å². The van der Waals surface area contributed by atoms with Crippen molar-refractivity contribution in [3.05, 3.63) is 0 Å². The fourth-order valence-corrected chi connectivity index (χ4v) is 8.92. The van der Waals surface area contributed by atoms with Crippen LogP contribution in [0.15, 0.2) is 4.99 Å². The Balaban J connectivity index is 3.60. The Labute approximate surface area is 472 Å². The lowest BCUT2D eigenvalue weighted by molar-refractivity contribution is -0.143. The van der Waals surface area contributed by atoms with Gasteiger partial charge in [-0.25, -0.2) is 4.79 Å². The van der Waals surface area contributed by atoms with E-state index in [-0.39, 0.29) is 82.9 Å². The molecule has 0 bridgehead atoms. The molecule has 0 unspecified atom stereocenters. The summed E-state index contributed by atoms with van der Waals surface area (Å²) < 4.78 is 0. The number of carbonyl (C=O) groups is 9. The van der Waals surface area contributed by atoms with E-state index in [1.807, 2.05) is 0 Å². The Bertz CT molecular complexity index is 1890. The summed E-state index contributed by atoms with van der Waals surface area (Å²) in [7, 11) is 0. The number of aliphatic carboxylic acids is 1. The number of nitrogens with one attached hydrogen (secondary N) is 9. The third-order valence-corrected chi connectivity index (χ3v) is 13.7. The summed E-state index contributed by atoms with van der Waals surface area (Å²) in [6.45, 7) is 5.83. The van der Waals surface area contributed by atoms with Gasteiger partial charge in [-0.1, -0.05) is 13.8 Å². The number of carboxylic acids is 1. The molecule has 1 fully saturated rings. The number of nitrogens with zero attached hydrogens (tertiary/aromatic N) is 1. The van der Waals surface area contributed by atoms with Gasteiger partial charge in [0.05, 0.1) is 6.04 Å². The number of hydrogen-bond donors (Lipinski definition) is 18. The van der Waals surface area contributed by atoms with Crippen LogP contribution in [0, 0.1) is 5.92 Å². The van der Waals surface area contributed by atoms with Crippen LogP contribution in [0.3, 0.4) is 0 Å². The topological polar surface area (TPSA) is 503 Å². The maximum absolute atomic E-state index is 14.5. The number of hydrogen-bond acceptors (Lipinski definition) is 17. The van der Waals surface area contributed by atoms with E-state index in [0.29, 0.717) is 116 Å². The first-order chi connectivity index (χ1) is 38.3. The summed E-state index contributed by atoms with van der Waals surface area (Å²) in [5, 5.41) is 34.9. The highest BCUT2D eigenvalue weighted by Crippen LogP contribution is 2.14. The van der Waals surface area contributed by atoms with E-state index in [1.54, 1.807) is 13.8 Å². The lowest BCUT2D eigenvalue weighted by atomic mass is 10.0. The molecule has 80 heavy (non-hydrogen) atoms. The molecular weight excluding hydrogens is 1040 g/mol. The number of carboxylic acid groups (broad SMARTS) is 1. The van der Waals surface area contributed by atoms with Crippen molar-refractivity contribution in [2.24, 2.45) is 56.8 Å². The van der Waals surface area contributed by atoms with Crippen LogP contribution in [-0.4, -0.2) is 171 Å². The summed E-state index contributed by atoms with van der Waals surface area (Å²) in [4.78, 5) is 128. The van der Waals surface area contributed by atoms with Crippen molar-refractivity contribution in [3.8, 4) is 0 Å². The van der Waals surface area contributed by atoms with Gasteiger partial charge < -0.3 is 98.8 Å². The Morgan fingerprint density at radius 2 is 0.713 bits per heavy atom. The second-order valence-corrected chi connectivity index (χ2v) is 20.8. The average molecular weight is 1140 g/mol. The molecule has 1 aliphatic rings. The molecule has 8 amide bonds. The summed E-state index contributed by atoms with van der Waals surface area (Å²) in [5.74, 6) is -7.29. The van der Waals surface area contributed by atoms with Gasteiger partial charge in [0.1, 0.15) is 48.3 Å². The number of aliphatic imine (C=N–C) groups is 1. The van der Waals surface area contributed by atoms with Gasteiger partial charge in [0.2, 0.25) is 47.3 Å². The number of nitrogens with two attached hydrogens (primary N) is 8. The normalized spacial score (nSPS) is 16.1. The van der Waals surface area contributed by atoms with Crippen molar-refractivity contribution in [2.45, 2.75) is 209 Å². The van der Waals surface area contributed by atoms with Crippen molar-refractivity contribution in [3.63, 3.8) is 0 Å². The summed E-state index contributed by atoms with van der Waals surface area (Å²) in [5.41, 5.74) is 45.8. The molecule has 28 nitrogen and oxygen atoms in total. The van der Waals surface area contributed by atoms with Crippen LogP contribution in [0.1, 0.15) is 155 Å². The van der Waals surface area contributed by atoms with Gasteiger partial charge in [0, 0.05) is 6.54 Å². The molecule has 9 atom stereocenters. The number of guanidine groups is 1. The molecule has 0 radical (unpaired) electrons. The van der Waals surface area contributed by atoms with Crippen molar-refractivity contribution in [1.82, 2.24) is 47.9 Å². The quantitative estimate of drug-likeness (QED) is 0.0158. The van der Waals surface area contributed by atoms with Crippen LogP contribution in [-0.2, 0) is 43.2 Å². The Hall–Kier alpha value is -5.78. The van der Waals surface area contributed by atoms with E-state index in [1.165, 1.54) is 0 Å². The van der Waals surface area contributed by atoms with Gasteiger partial charge in [-0.05, 0) is 193 Å². The third-order valence-electron chi connectivity index (χ3n) is 13.7. The third kappa shape index (κ3) is 30.2. The van der Waals surface area contributed by atoms with Crippen LogP contribution < -0.4 is 93.7 Å². The van der Waals surface area contributed by atoms with E-state index in [2.05, 4.69) is 52.8 Å².